The molecular weight excluding hydrogens is 392 g/mol. The molecule has 1 unspecified atom stereocenters. The van der Waals surface area contributed by atoms with E-state index >= 15 is 0 Å². The number of rotatable bonds is 6. The van der Waals surface area contributed by atoms with Gasteiger partial charge in [0.2, 0.25) is 0 Å². The molecule has 0 aliphatic heterocycles. The number of aryl methyl sites for hydroxylation is 1. The van der Waals surface area contributed by atoms with E-state index in [9.17, 15) is 0 Å². The second kappa shape index (κ2) is 8.00. The molecule has 1 nitrogen and oxygen atoms in total. The summed E-state index contributed by atoms with van der Waals surface area (Å²) in [6.45, 7) is 2.12. The van der Waals surface area contributed by atoms with Gasteiger partial charge in [0, 0.05) is 9.80 Å². The van der Waals surface area contributed by atoms with Crippen molar-refractivity contribution in [2.75, 3.05) is 12.4 Å². The van der Waals surface area contributed by atoms with Crippen molar-refractivity contribution < 1.29 is 4.74 Å². The van der Waals surface area contributed by atoms with Crippen molar-refractivity contribution in [2.24, 2.45) is 5.92 Å². The van der Waals surface area contributed by atoms with Gasteiger partial charge in [0.1, 0.15) is 5.75 Å². The molecule has 2 aromatic rings. The van der Waals surface area contributed by atoms with Crippen LogP contribution < -0.4 is 4.74 Å². The molecule has 0 saturated heterocycles. The molecule has 0 spiro atoms. The van der Waals surface area contributed by atoms with E-state index < -0.39 is 0 Å². The Kier molecular flexibility index (Phi) is 6.31. The fourth-order valence-corrected chi connectivity index (χ4v) is 3.44. The predicted octanol–water partition coefficient (Wildman–Crippen LogP) is 5.56. The van der Waals surface area contributed by atoms with E-state index in [1.54, 1.807) is 7.11 Å². The molecule has 21 heavy (non-hydrogen) atoms. The average molecular weight is 412 g/mol. The molecule has 0 heterocycles. The fraction of sp³-hybridized carbons (Fsp3) is 0.333. The van der Waals surface area contributed by atoms with Crippen LogP contribution in [-0.4, -0.2) is 12.4 Å². The lowest BCUT2D eigenvalue weighted by atomic mass is 9.93. The zero-order chi connectivity index (χ0) is 15.2. The van der Waals surface area contributed by atoms with Gasteiger partial charge in [-0.1, -0.05) is 67.8 Å². The van der Waals surface area contributed by atoms with Gasteiger partial charge in [0.15, 0.2) is 0 Å². The summed E-state index contributed by atoms with van der Waals surface area (Å²) in [7, 11) is 1.74. The molecule has 0 aliphatic rings. The highest BCUT2D eigenvalue weighted by Crippen LogP contribution is 2.27. The predicted molar refractivity (Wildman–Crippen MR) is 96.6 cm³/mol. The van der Waals surface area contributed by atoms with E-state index in [4.69, 9.17) is 4.74 Å². The summed E-state index contributed by atoms with van der Waals surface area (Å²) < 4.78 is 6.68. The zero-order valence-corrected chi connectivity index (χ0v) is 15.6. The standard InChI is InChI=1S/C18H20Br2O/c1-13-7-8-18(21-2)16(9-13)11-14(12-19)10-15-5-3-4-6-17(15)20/h3-9,14H,10-12H2,1-2H3. The van der Waals surface area contributed by atoms with Gasteiger partial charge >= 0.3 is 0 Å². The third-order valence-corrected chi connectivity index (χ3v) is 5.32. The molecule has 0 aliphatic carbocycles. The van der Waals surface area contributed by atoms with Crippen molar-refractivity contribution in [1.29, 1.82) is 0 Å². The van der Waals surface area contributed by atoms with Crippen molar-refractivity contribution in [1.82, 2.24) is 0 Å². The third kappa shape index (κ3) is 4.58. The van der Waals surface area contributed by atoms with Crippen LogP contribution in [0.4, 0.5) is 0 Å². The second-order valence-corrected chi connectivity index (χ2v) is 6.84. The number of benzene rings is 2. The molecule has 1 atom stereocenters. The van der Waals surface area contributed by atoms with Crippen LogP contribution in [-0.2, 0) is 12.8 Å². The quantitative estimate of drug-likeness (QED) is 0.565. The van der Waals surface area contributed by atoms with E-state index in [-0.39, 0.29) is 0 Å². The van der Waals surface area contributed by atoms with Crippen LogP contribution in [0.1, 0.15) is 16.7 Å². The summed E-state index contributed by atoms with van der Waals surface area (Å²) in [5, 5.41) is 0.978. The van der Waals surface area contributed by atoms with Gasteiger partial charge in [-0.05, 0) is 48.9 Å². The zero-order valence-electron chi connectivity index (χ0n) is 12.4. The molecule has 0 amide bonds. The van der Waals surface area contributed by atoms with Crippen molar-refractivity contribution in [3.63, 3.8) is 0 Å². The maximum Gasteiger partial charge on any atom is 0.122 e. The van der Waals surface area contributed by atoms with Gasteiger partial charge in [-0.15, -0.1) is 0 Å². The smallest absolute Gasteiger partial charge is 0.122 e. The summed E-state index contributed by atoms with van der Waals surface area (Å²) in [4.78, 5) is 0. The summed E-state index contributed by atoms with van der Waals surface area (Å²) >= 11 is 7.30. The van der Waals surface area contributed by atoms with Crippen molar-refractivity contribution in [2.45, 2.75) is 19.8 Å². The molecule has 2 aromatic carbocycles. The Labute approximate surface area is 144 Å². The van der Waals surface area contributed by atoms with Crippen LogP contribution in [0.25, 0.3) is 0 Å². The lowest BCUT2D eigenvalue weighted by molar-refractivity contribution is 0.405. The minimum absolute atomic E-state index is 0.541. The minimum Gasteiger partial charge on any atom is -0.496 e. The van der Waals surface area contributed by atoms with E-state index in [2.05, 4.69) is 81.2 Å². The Morgan fingerprint density at radius 3 is 2.43 bits per heavy atom. The van der Waals surface area contributed by atoms with Gasteiger partial charge in [-0.25, -0.2) is 0 Å². The highest BCUT2D eigenvalue weighted by Gasteiger charge is 2.14. The van der Waals surface area contributed by atoms with Crippen LogP contribution in [0.15, 0.2) is 46.9 Å². The van der Waals surface area contributed by atoms with Crippen LogP contribution in [0.2, 0.25) is 0 Å². The molecule has 0 fully saturated rings. The first-order chi connectivity index (χ1) is 10.1. The minimum atomic E-state index is 0.541. The highest BCUT2D eigenvalue weighted by atomic mass is 79.9. The Balaban J connectivity index is 2.16. The SMILES string of the molecule is COc1ccc(C)cc1CC(CBr)Cc1ccccc1Br. The van der Waals surface area contributed by atoms with Crippen molar-refractivity contribution in [3.8, 4) is 5.75 Å². The highest BCUT2D eigenvalue weighted by molar-refractivity contribution is 9.10. The lowest BCUT2D eigenvalue weighted by Crippen LogP contribution is -2.11. The number of halogens is 2. The van der Waals surface area contributed by atoms with Gasteiger partial charge in [-0.3, -0.25) is 0 Å². The van der Waals surface area contributed by atoms with Gasteiger partial charge < -0.3 is 4.74 Å². The molecular formula is C18H20Br2O. The van der Waals surface area contributed by atoms with Crippen molar-refractivity contribution in [3.05, 3.63) is 63.6 Å². The van der Waals surface area contributed by atoms with E-state index in [1.165, 1.54) is 21.2 Å². The largest absolute Gasteiger partial charge is 0.496 e. The van der Waals surface area contributed by atoms with Crippen LogP contribution in [0.5, 0.6) is 5.75 Å². The molecule has 0 radical (unpaired) electrons. The Morgan fingerprint density at radius 1 is 1.05 bits per heavy atom. The number of hydrogen-bond donors (Lipinski definition) is 0. The molecule has 0 bridgehead atoms. The van der Waals surface area contributed by atoms with E-state index in [0.717, 1.165) is 23.9 Å². The first-order valence-electron chi connectivity index (χ1n) is 7.07. The molecule has 3 heteroatoms. The molecule has 0 aromatic heterocycles. The Morgan fingerprint density at radius 2 is 1.76 bits per heavy atom. The molecule has 112 valence electrons. The van der Waals surface area contributed by atoms with Gasteiger partial charge in [0.25, 0.3) is 0 Å². The Bertz CT molecular complexity index is 596. The maximum absolute atomic E-state index is 5.50. The maximum atomic E-state index is 5.50. The van der Waals surface area contributed by atoms with E-state index in [1.807, 2.05) is 0 Å². The summed E-state index contributed by atoms with van der Waals surface area (Å²) in [5.74, 6) is 1.53. The average Bonchev–Trinajstić information content (AvgIpc) is 2.49. The van der Waals surface area contributed by atoms with Crippen molar-refractivity contribution >= 4 is 31.9 Å². The Hall–Kier alpha value is -0.800. The van der Waals surface area contributed by atoms with Crippen LogP contribution in [0.3, 0.4) is 0 Å². The summed E-state index contributed by atoms with van der Waals surface area (Å²) in [6, 6.07) is 14.8. The van der Waals surface area contributed by atoms with E-state index in [0.29, 0.717) is 5.92 Å². The first-order valence-corrected chi connectivity index (χ1v) is 8.98. The monoisotopic (exact) mass is 410 g/mol. The van der Waals surface area contributed by atoms with Crippen LogP contribution in [0, 0.1) is 12.8 Å². The lowest BCUT2D eigenvalue weighted by Gasteiger charge is -2.17. The number of hydrogen-bond acceptors (Lipinski definition) is 1. The summed E-state index contributed by atoms with van der Waals surface area (Å²) in [5.41, 5.74) is 3.92. The first kappa shape index (κ1) is 16.6. The normalized spacial score (nSPS) is 12.2. The summed E-state index contributed by atoms with van der Waals surface area (Å²) in [6.07, 6.45) is 2.06. The number of methoxy groups -OCH3 is 1. The van der Waals surface area contributed by atoms with Gasteiger partial charge in [-0.2, -0.15) is 0 Å². The topological polar surface area (TPSA) is 9.23 Å². The van der Waals surface area contributed by atoms with Crippen LogP contribution >= 0.6 is 31.9 Å². The third-order valence-electron chi connectivity index (χ3n) is 3.63. The number of alkyl halides is 1. The fourth-order valence-electron chi connectivity index (χ4n) is 2.53. The second-order valence-electron chi connectivity index (χ2n) is 5.34. The molecule has 0 saturated carbocycles. The van der Waals surface area contributed by atoms with Gasteiger partial charge in [0.05, 0.1) is 7.11 Å². The molecule has 0 N–H and O–H groups in total. The number of ether oxygens (including phenoxy) is 1. The molecule has 2 rings (SSSR count).